The summed E-state index contributed by atoms with van der Waals surface area (Å²) in [6, 6.07) is 3.97. The number of hydrogen-bond donors (Lipinski definition) is 1. The molecule has 0 aliphatic heterocycles. The van der Waals surface area contributed by atoms with Crippen molar-refractivity contribution < 1.29 is 9.90 Å². The van der Waals surface area contributed by atoms with Gasteiger partial charge in [0.1, 0.15) is 0 Å². The Kier molecular flexibility index (Phi) is 2.41. The van der Waals surface area contributed by atoms with E-state index in [9.17, 15) is 4.79 Å². The second-order valence-electron chi connectivity index (χ2n) is 3.60. The van der Waals surface area contributed by atoms with Crippen molar-refractivity contribution in [3.8, 4) is 0 Å². The Morgan fingerprint density at radius 1 is 1.53 bits per heavy atom. The lowest BCUT2D eigenvalue weighted by Gasteiger charge is -1.98. The molecule has 78 valence electrons. The SMILES string of the molecule is Cc1ccc2c(CCC(=O)O)cnn2c1. The van der Waals surface area contributed by atoms with Gasteiger partial charge in [-0.05, 0) is 30.5 Å². The van der Waals surface area contributed by atoms with Gasteiger partial charge >= 0.3 is 5.97 Å². The van der Waals surface area contributed by atoms with Gasteiger partial charge in [0.25, 0.3) is 0 Å². The number of aromatic nitrogens is 2. The number of carboxylic acid groups (broad SMARTS) is 1. The number of rotatable bonds is 3. The largest absolute Gasteiger partial charge is 0.481 e. The summed E-state index contributed by atoms with van der Waals surface area (Å²) >= 11 is 0. The van der Waals surface area contributed by atoms with Crippen LogP contribution in [-0.2, 0) is 11.2 Å². The smallest absolute Gasteiger partial charge is 0.303 e. The Labute approximate surface area is 87.2 Å². The highest BCUT2D eigenvalue weighted by Crippen LogP contribution is 2.13. The normalized spacial score (nSPS) is 10.7. The Morgan fingerprint density at radius 3 is 3.07 bits per heavy atom. The van der Waals surface area contributed by atoms with E-state index in [4.69, 9.17) is 5.11 Å². The zero-order valence-corrected chi connectivity index (χ0v) is 8.47. The van der Waals surface area contributed by atoms with Crippen LogP contribution < -0.4 is 0 Å². The minimum absolute atomic E-state index is 0.148. The van der Waals surface area contributed by atoms with Crippen LogP contribution in [0.4, 0.5) is 0 Å². The first-order valence-electron chi connectivity index (χ1n) is 4.81. The molecule has 15 heavy (non-hydrogen) atoms. The van der Waals surface area contributed by atoms with Crippen molar-refractivity contribution in [3.05, 3.63) is 35.7 Å². The first kappa shape index (κ1) is 9.71. The molecule has 4 heteroatoms. The van der Waals surface area contributed by atoms with Gasteiger partial charge in [0.2, 0.25) is 0 Å². The second-order valence-corrected chi connectivity index (χ2v) is 3.60. The molecule has 0 fully saturated rings. The fraction of sp³-hybridized carbons (Fsp3) is 0.273. The molecule has 0 aromatic carbocycles. The predicted molar refractivity (Wildman–Crippen MR) is 55.9 cm³/mol. The number of aryl methyl sites for hydroxylation is 2. The van der Waals surface area contributed by atoms with Crippen LogP contribution in [0.3, 0.4) is 0 Å². The summed E-state index contributed by atoms with van der Waals surface area (Å²) in [5, 5.41) is 12.8. The second kappa shape index (κ2) is 3.73. The van der Waals surface area contributed by atoms with Gasteiger partial charge < -0.3 is 5.11 Å². The third-order valence-corrected chi connectivity index (χ3v) is 2.35. The first-order valence-corrected chi connectivity index (χ1v) is 4.81. The van der Waals surface area contributed by atoms with Crippen molar-refractivity contribution in [2.45, 2.75) is 19.8 Å². The number of aliphatic carboxylic acids is 1. The minimum Gasteiger partial charge on any atom is -0.481 e. The van der Waals surface area contributed by atoms with Crippen LogP contribution in [0, 0.1) is 6.92 Å². The maximum Gasteiger partial charge on any atom is 0.303 e. The highest BCUT2D eigenvalue weighted by Gasteiger charge is 2.05. The zero-order valence-electron chi connectivity index (χ0n) is 8.47. The van der Waals surface area contributed by atoms with Gasteiger partial charge in [-0.25, -0.2) is 4.52 Å². The molecule has 0 bridgehead atoms. The summed E-state index contributed by atoms with van der Waals surface area (Å²) in [5.41, 5.74) is 3.11. The number of carboxylic acids is 1. The topological polar surface area (TPSA) is 54.6 Å². The summed E-state index contributed by atoms with van der Waals surface area (Å²) < 4.78 is 1.78. The van der Waals surface area contributed by atoms with E-state index in [0.29, 0.717) is 6.42 Å². The highest BCUT2D eigenvalue weighted by molar-refractivity contribution is 5.68. The average Bonchev–Trinajstić information content (AvgIpc) is 2.57. The zero-order chi connectivity index (χ0) is 10.8. The van der Waals surface area contributed by atoms with E-state index >= 15 is 0 Å². The lowest BCUT2D eigenvalue weighted by molar-refractivity contribution is -0.136. The number of carbonyl (C=O) groups is 1. The number of nitrogens with zero attached hydrogens (tertiary/aromatic N) is 2. The van der Waals surface area contributed by atoms with Gasteiger partial charge in [0.05, 0.1) is 11.7 Å². The van der Waals surface area contributed by atoms with Gasteiger partial charge in [0, 0.05) is 12.6 Å². The van der Waals surface area contributed by atoms with E-state index in [-0.39, 0.29) is 6.42 Å². The summed E-state index contributed by atoms with van der Waals surface area (Å²) in [5.74, 6) is -0.776. The van der Waals surface area contributed by atoms with Crippen LogP contribution in [0.5, 0.6) is 0 Å². The molecular weight excluding hydrogens is 192 g/mol. The summed E-state index contributed by atoms with van der Waals surface area (Å²) in [6.45, 7) is 2.00. The van der Waals surface area contributed by atoms with E-state index in [1.54, 1.807) is 10.7 Å². The van der Waals surface area contributed by atoms with Gasteiger partial charge in [-0.15, -0.1) is 0 Å². The van der Waals surface area contributed by atoms with Crippen molar-refractivity contribution in [3.63, 3.8) is 0 Å². The number of fused-ring (bicyclic) bond motifs is 1. The number of pyridine rings is 1. The fourth-order valence-electron chi connectivity index (χ4n) is 1.57. The Morgan fingerprint density at radius 2 is 2.33 bits per heavy atom. The van der Waals surface area contributed by atoms with Crippen LogP contribution in [-0.4, -0.2) is 20.7 Å². The average molecular weight is 204 g/mol. The molecule has 4 nitrogen and oxygen atoms in total. The molecule has 2 aromatic heterocycles. The molecule has 0 atom stereocenters. The van der Waals surface area contributed by atoms with Crippen LogP contribution in [0.25, 0.3) is 5.52 Å². The van der Waals surface area contributed by atoms with Crippen molar-refractivity contribution in [2.75, 3.05) is 0 Å². The van der Waals surface area contributed by atoms with Crippen LogP contribution in [0.15, 0.2) is 24.5 Å². The highest BCUT2D eigenvalue weighted by atomic mass is 16.4. The summed E-state index contributed by atoms with van der Waals surface area (Å²) in [4.78, 5) is 10.5. The molecule has 0 aliphatic carbocycles. The van der Waals surface area contributed by atoms with Crippen molar-refractivity contribution in [1.82, 2.24) is 9.61 Å². The summed E-state index contributed by atoms with van der Waals surface area (Å²) in [7, 11) is 0. The van der Waals surface area contributed by atoms with Crippen molar-refractivity contribution >= 4 is 11.5 Å². The third kappa shape index (κ3) is 1.98. The van der Waals surface area contributed by atoms with Crippen molar-refractivity contribution in [1.29, 1.82) is 0 Å². The van der Waals surface area contributed by atoms with Gasteiger partial charge in [-0.1, -0.05) is 6.07 Å². The van der Waals surface area contributed by atoms with E-state index in [0.717, 1.165) is 16.6 Å². The molecule has 0 amide bonds. The van der Waals surface area contributed by atoms with E-state index < -0.39 is 5.97 Å². The number of hydrogen-bond acceptors (Lipinski definition) is 2. The molecule has 0 radical (unpaired) electrons. The van der Waals surface area contributed by atoms with Gasteiger partial charge in [0.15, 0.2) is 0 Å². The monoisotopic (exact) mass is 204 g/mol. The summed E-state index contributed by atoms with van der Waals surface area (Å²) in [6.07, 6.45) is 4.34. The van der Waals surface area contributed by atoms with Gasteiger partial charge in [-0.3, -0.25) is 4.79 Å². The molecule has 2 aromatic rings. The lowest BCUT2D eigenvalue weighted by Crippen LogP contribution is -1.97. The molecule has 1 N–H and O–H groups in total. The molecule has 2 heterocycles. The minimum atomic E-state index is -0.776. The standard InChI is InChI=1S/C11H12N2O2/c1-8-2-4-10-9(3-5-11(14)15)6-12-13(10)7-8/h2,4,6-7H,3,5H2,1H3,(H,14,15). The van der Waals surface area contributed by atoms with Crippen LogP contribution >= 0.6 is 0 Å². The maximum atomic E-state index is 10.5. The van der Waals surface area contributed by atoms with E-state index in [1.807, 2.05) is 25.3 Å². The molecule has 0 unspecified atom stereocenters. The maximum absolute atomic E-state index is 10.5. The molecule has 0 saturated carbocycles. The van der Waals surface area contributed by atoms with Crippen LogP contribution in [0.2, 0.25) is 0 Å². The molecular formula is C11H12N2O2. The molecule has 0 saturated heterocycles. The Bertz CT molecular complexity index is 502. The predicted octanol–water partition coefficient (Wildman–Crippen LogP) is 1.66. The van der Waals surface area contributed by atoms with Crippen LogP contribution in [0.1, 0.15) is 17.5 Å². The fourth-order valence-corrected chi connectivity index (χ4v) is 1.57. The molecule has 0 aliphatic rings. The first-order chi connectivity index (χ1) is 7.16. The quantitative estimate of drug-likeness (QED) is 0.827. The van der Waals surface area contributed by atoms with E-state index in [1.165, 1.54) is 0 Å². The lowest BCUT2D eigenvalue weighted by atomic mass is 10.1. The van der Waals surface area contributed by atoms with E-state index in [2.05, 4.69) is 5.10 Å². The van der Waals surface area contributed by atoms with Crippen molar-refractivity contribution in [2.24, 2.45) is 0 Å². The molecule has 2 rings (SSSR count). The van der Waals surface area contributed by atoms with Gasteiger partial charge in [-0.2, -0.15) is 5.10 Å². The Balaban J connectivity index is 2.32. The Hall–Kier alpha value is -1.84. The molecule has 0 spiro atoms. The third-order valence-electron chi connectivity index (χ3n) is 2.35.